The van der Waals surface area contributed by atoms with Gasteiger partial charge >= 0.3 is 0 Å². The van der Waals surface area contributed by atoms with Gasteiger partial charge in [0.1, 0.15) is 6.61 Å². The van der Waals surface area contributed by atoms with Crippen LogP contribution < -0.4 is 14.8 Å². The number of para-hydroxylation sites is 1. The predicted octanol–water partition coefficient (Wildman–Crippen LogP) is 3.46. The summed E-state index contributed by atoms with van der Waals surface area (Å²) in [4.78, 5) is 1.32. The number of hydrogen-bond acceptors (Lipinski definition) is 5. The largest absolute Gasteiger partial charge is 0.493 e. The standard InChI is InChI=1S/C17H23NO3S/c1-3-20-9-10-21-17-14(6-4-8-16(17)19-2)12-18-13-15-7-5-11-22-15/h4-8,11,18H,3,9-10,12-13H2,1-2H3. The Kier molecular flexibility index (Phi) is 7.22. The zero-order valence-corrected chi connectivity index (χ0v) is 13.9. The predicted molar refractivity (Wildman–Crippen MR) is 89.8 cm³/mol. The molecule has 4 nitrogen and oxygen atoms in total. The second kappa shape index (κ2) is 9.46. The van der Waals surface area contributed by atoms with Gasteiger partial charge < -0.3 is 19.5 Å². The summed E-state index contributed by atoms with van der Waals surface area (Å²) >= 11 is 1.75. The molecule has 0 unspecified atom stereocenters. The molecule has 2 aromatic rings. The first kappa shape index (κ1) is 16.8. The van der Waals surface area contributed by atoms with E-state index < -0.39 is 0 Å². The Morgan fingerprint density at radius 2 is 2.00 bits per heavy atom. The lowest BCUT2D eigenvalue weighted by Gasteiger charge is -2.15. The van der Waals surface area contributed by atoms with Gasteiger partial charge in [-0.05, 0) is 24.4 Å². The fraction of sp³-hybridized carbons (Fsp3) is 0.412. The molecule has 0 radical (unpaired) electrons. The topological polar surface area (TPSA) is 39.7 Å². The van der Waals surface area contributed by atoms with E-state index >= 15 is 0 Å². The Bertz CT molecular complexity index is 543. The summed E-state index contributed by atoms with van der Waals surface area (Å²) in [5.41, 5.74) is 1.09. The molecule has 2 rings (SSSR count). The van der Waals surface area contributed by atoms with Gasteiger partial charge in [-0.25, -0.2) is 0 Å². The van der Waals surface area contributed by atoms with Gasteiger partial charge in [0.2, 0.25) is 0 Å². The van der Waals surface area contributed by atoms with Crippen LogP contribution in [0.5, 0.6) is 11.5 Å². The SMILES string of the molecule is CCOCCOc1c(CNCc2cccs2)cccc1OC. The molecule has 0 fully saturated rings. The van der Waals surface area contributed by atoms with E-state index in [0.717, 1.165) is 30.2 Å². The molecule has 120 valence electrons. The molecule has 1 heterocycles. The molecule has 0 amide bonds. The number of rotatable bonds is 10. The van der Waals surface area contributed by atoms with Crippen molar-refractivity contribution in [2.24, 2.45) is 0 Å². The summed E-state index contributed by atoms with van der Waals surface area (Å²) in [7, 11) is 1.66. The minimum Gasteiger partial charge on any atom is -0.493 e. The van der Waals surface area contributed by atoms with Gasteiger partial charge in [-0.1, -0.05) is 18.2 Å². The second-order valence-corrected chi connectivity index (χ2v) is 5.71. The zero-order chi connectivity index (χ0) is 15.6. The van der Waals surface area contributed by atoms with Crippen LogP contribution in [0.3, 0.4) is 0 Å². The molecule has 5 heteroatoms. The average Bonchev–Trinajstić information content (AvgIpc) is 3.05. The fourth-order valence-electron chi connectivity index (χ4n) is 2.11. The van der Waals surface area contributed by atoms with E-state index in [9.17, 15) is 0 Å². The molecular weight excluding hydrogens is 298 g/mol. The molecule has 1 aromatic heterocycles. The highest BCUT2D eigenvalue weighted by molar-refractivity contribution is 7.09. The van der Waals surface area contributed by atoms with Gasteiger partial charge in [-0.3, -0.25) is 0 Å². The lowest BCUT2D eigenvalue weighted by atomic mass is 10.2. The van der Waals surface area contributed by atoms with Crippen LogP contribution in [0.1, 0.15) is 17.4 Å². The van der Waals surface area contributed by atoms with Crippen LogP contribution in [0, 0.1) is 0 Å². The van der Waals surface area contributed by atoms with Gasteiger partial charge in [-0.2, -0.15) is 0 Å². The number of nitrogens with one attached hydrogen (secondary N) is 1. The Balaban J connectivity index is 1.95. The third-order valence-corrected chi connectivity index (χ3v) is 4.03. The van der Waals surface area contributed by atoms with Crippen LogP contribution >= 0.6 is 11.3 Å². The maximum Gasteiger partial charge on any atom is 0.165 e. The van der Waals surface area contributed by atoms with Crippen LogP contribution in [0.25, 0.3) is 0 Å². The van der Waals surface area contributed by atoms with Crippen molar-refractivity contribution in [2.75, 3.05) is 26.9 Å². The van der Waals surface area contributed by atoms with Crippen molar-refractivity contribution in [3.63, 3.8) is 0 Å². The first-order valence-electron chi connectivity index (χ1n) is 7.44. The van der Waals surface area contributed by atoms with Crippen molar-refractivity contribution in [3.05, 3.63) is 46.2 Å². The van der Waals surface area contributed by atoms with Gasteiger partial charge in [0.25, 0.3) is 0 Å². The highest BCUT2D eigenvalue weighted by atomic mass is 32.1. The molecule has 0 aliphatic heterocycles. The molecule has 0 spiro atoms. The van der Waals surface area contributed by atoms with Gasteiger partial charge in [0.05, 0.1) is 13.7 Å². The second-order valence-electron chi connectivity index (χ2n) is 4.68. The maximum atomic E-state index is 5.86. The smallest absolute Gasteiger partial charge is 0.165 e. The molecule has 0 saturated carbocycles. The fourth-order valence-corrected chi connectivity index (χ4v) is 2.78. The summed E-state index contributed by atoms with van der Waals surface area (Å²) in [5, 5.41) is 5.53. The maximum absolute atomic E-state index is 5.86. The van der Waals surface area contributed by atoms with E-state index in [2.05, 4.69) is 28.9 Å². The zero-order valence-electron chi connectivity index (χ0n) is 13.1. The van der Waals surface area contributed by atoms with Crippen LogP contribution in [0.2, 0.25) is 0 Å². The number of benzene rings is 1. The molecule has 0 aliphatic carbocycles. The monoisotopic (exact) mass is 321 g/mol. The first-order valence-corrected chi connectivity index (χ1v) is 8.32. The average molecular weight is 321 g/mol. The quantitative estimate of drug-likeness (QED) is 0.680. The van der Waals surface area contributed by atoms with Crippen molar-refractivity contribution in [1.29, 1.82) is 0 Å². The Labute approximate surface area is 136 Å². The number of thiophene rings is 1. The van der Waals surface area contributed by atoms with Gasteiger partial charge in [-0.15, -0.1) is 11.3 Å². The molecule has 1 N–H and O–H groups in total. The summed E-state index contributed by atoms with van der Waals surface area (Å²) in [6.07, 6.45) is 0. The molecular formula is C17H23NO3S. The minimum atomic E-state index is 0.520. The van der Waals surface area contributed by atoms with E-state index in [1.807, 2.05) is 19.1 Å². The molecule has 0 aliphatic rings. The van der Waals surface area contributed by atoms with E-state index in [-0.39, 0.29) is 0 Å². The molecule has 0 atom stereocenters. The van der Waals surface area contributed by atoms with Crippen molar-refractivity contribution in [1.82, 2.24) is 5.32 Å². The highest BCUT2D eigenvalue weighted by Gasteiger charge is 2.10. The van der Waals surface area contributed by atoms with Crippen LogP contribution in [-0.4, -0.2) is 26.9 Å². The summed E-state index contributed by atoms with van der Waals surface area (Å²) in [6.45, 7) is 5.36. The van der Waals surface area contributed by atoms with E-state index in [1.54, 1.807) is 18.4 Å². The van der Waals surface area contributed by atoms with E-state index in [1.165, 1.54) is 4.88 Å². The highest BCUT2D eigenvalue weighted by Crippen LogP contribution is 2.31. The number of methoxy groups -OCH3 is 1. The van der Waals surface area contributed by atoms with Crippen LogP contribution in [-0.2, 0) is 17.8 Å². The van der Waals surface area contributed by atoms with Gasteiger partial charge in [0.15, 0.2) is 11.5 Å². The first-order chi connectivity index (χ1) is 10.8. The lowest BCUT2D eigenvalue weighted by molar-refractivity contribution is 0.108. The van der Waals surface area contributed by atoms with Crippen molar-refractivity contribution < 1.29 is 14.2 Å². The molecule has 0 bridgehead atoms. The molecule has 1 aromatic carbocycles. The third-order valence-electron chi connectivity index (χ3n) is 3.15. The van der Waals surface area contributed by atoms with Crippen molar-refractivity contribution in [3.8, 4) is 11.5 Å². The minimum absolute atomic E-state index is 0.520. The lowest BCUT2D eigenvalue weighted by Crippen LogP contribution is -2.14. The summed E-state index contributed by atoms with van der Waals surface area (Å²) < 4.78 is 16.6. The van der Waals surface area contributed by atoms with Gasteiger partial charge in [0, 0.05) is 30.1 Å². The molecule has 0 saturated heterocycles. The Hall–Kier alpha value is -1.56. The number of hydrogen-bond donors (Lipinski definition) is 1. The molecule has 22 heavy (non-hydrogen) atoms. The summed E-state index contributed by atoms with van der Waals surface area (Å²) in [6, 6.07) is 10.1. The normalized spacial score (nSPS) is 10.6. The van der Waals surface area contributed by atoms with Crippen LogP contribution in [0.4, 0.5) is 0 Å². The van der Waals surface area contributed by atoms with E-state index in [0.29, 0.717) is 19.8 Å². The number of ether oxygens (including phenoxy) is 3. The van der Waals surface area contributed by atoms with Crippen molar-refractivity contribution in [2.45, 2.75) is 20.0 Å². The van der Waals surface area contributed by atoms with E-state index in [4.69, 9.17) is 14.2 Å². The van der Waals surface area contributed by atoms with Crippen molar-refractivity contribution >= 4 is 11.3 Å². The third kappa shape index (κ3) is 5.02. The Morgan fingerprint density at radius 1 is 1.09 bits per heavy atom. The summed E-state index contributed by atoms with van der Waals surface area (Å²) in [5.74, 6) is 1.55. The van der Waals surface area contributed by atoms with Crippen LogP contribution in [0.15, 0.2) is 35.7 Å². The Morgan fingerprint density at radius 3 is 2.73 bits per heavy atom.